The molecular weight excluding hydrogens is 342 g/mol. The summed E-state index contributed by atoms with van der Waals surface area (Å²) in [5.41, 5.74) is 1.33. The summed E-state index contributed by atoms with van der Waals surface area (Å²) in [6, 6.07) is 5.87. The van der Waals surface area contributed by atoms with Crippen molar-refractivity contribution in [3.05, 3.63) is 42.1 Å². The molecule has 1 saturated heterocycles. The number of ether oxygens (including phenoxy) is 1. The topological polar surface area (TPSA) is 76.0 Å². The average molecular weight is 367 g/mol. The van der Waals surface area contributed by atoms with Gasteiger partial charge in [-0.25, -0.2) is 4.98 Å². The Labute approximate surface area is 158 Å². The van der Waals surface area contributed by atoms with Gasteiger partial charge in [-0.2, -0.15) is 5.10 Å². The van der Waals surface area contributed by atoms with Gasteiger partial charge in [-0.05, 0) is 50.8 Å². The lowest BCUT2D eigenvalue weighted by Gasteiger charge is -2.35. The molecule has 142 valence electrons. The number of aryl methyl sites for hydroxylation is 2. The van der Waals surface area contributed by atoms with Crippen LogP contribution in [0.4, 0.5) is 0 Å². The number of methoxy groups -OCH3 is 1. The molecule has 0 spiro atoms. The fourth-order valence-electron chi connectivity index (χ4n) is 3.92. The number of carbonyl (C=O) groups excluding carboxylic acids is 1. The van der Waals surface area contributed by atoms with Gasteiger partial charge in [-0.3, -0.25) is 9.89 Å². The summed E-state index contributed by atoms with van der Waals surface area (Å²) in [7, 11) is 1.63. The van der Waals surface area contributed by atoms with Crippen LogP contribution in [0.2, 0.25) is 0 Å². The molecule has 0 radical (unpaired) electrons. The summed E-state index contributed by atoms with van der Waals surface area (Å²) in [5, 5.41) is 8.10. The van der Waals surface area contributed by atoms with Gasteiger partial charge >= 0.3 is 0 Å². The maximum atomic E-state index is 13.3. The van der Waals surface area contributed by atoms with Gasteiger partial charge in [0, 0.05) is 36.9 Å². The van der Waals surface area contributed by atoms with Gasteiger partial charge in [-0.1, -0.05) is 0 Å². The normalized spacial score (nSPS) is 17.4. The number of piperidine rings is 1. The van der Waals surface area contributed by atoms with Gasteiger partial charge in [0.05, 0.1) is 12.6 Å². The Bertz CT molecular complexity index is 945. The third-order valence-electron chi connectivity index (χ3n) is 5.49. The quantitative estimate of drug-likeness (QED) is 0.751. The highest BCUT2D eigenvalue weighted by Gasteiger charge is 2.29. The number of imidazole rings is 1. The molecule has 1 atom stereocenters. The van der Waals surface area contributed by atoms with Crippen LogP contribution in [-0.2, 0) is 6.54 Å². The Balaban J connectivity index is 1.56. The number of amides is 1. The molecule has 1 aromatic carbocycles. The Hall–Kier alpha value is -2.83. The van der Waals surface area contributed by atoms with Crippen LogP contribution in [0, 0.1) is 6.92 Å². The van der Waals surface area contributed by atoms with Crippen molar-refractivity contribution in [1.29, 1.82) is 0 Å². The number of aromatic nitrogens is 4. The molecule has 0 saturated carbocycles. The van der Waals surface area contributed by atoms with Crippen molar-refractivity contribution in [3.63, 3.8) is 0 Å². The van der Waals surface area contributed by atoms with Crippen molar-refractivity contribution in [2.45, 2.75) is 45.2 Å². The van der Waals surface area contributed by atoms with Crippen LogP contribution in [0.15, 0.2) is 30.6 Å². The van der Waals surface area contributed by atoms with Crippen LogP contribution in [0.25, 0.3) is 10.9 Å². The van der Waals surface area contributed by atoms with Crippen LogP contribution >= 0.6 is 0 Å². The number of hydrogen-bond donors (Lipinski definition) is 1. The number of likely N-dealkylation sites (tertiary alicyclic amines) is 1. The summed E-state index contributed by atoms with van der Waals surface area (Å²) in [6.45, 7) is 3.66. The lowest BCUT2D eigenvalue weighted by atomic mass is 9.98. The van der Waals surface area contributed by atoms with E-state index in [4.69, 9.17) is 4.74 Å². The standard InChI is InChI=1S/C20H25N5O2/c1-14-21-9-12-24(14)11-8-15-5-3-4-10-25(15)20(26)19-17-13-16(27-2)6-7-18(17)22-23-19/h6-7,9,12-13,15H,3-5,8,10-11H2,1-2H3,(H,22,23)/t15-/m1/s1. The molecule has 0 aliphatic carbocycles. The van der Waals surface area contributed by atoms with E-state index in [1.165, 1.54) is 0 Å². The maximum Gasteiger partial charge on any atom is 0.275 e. The number of carbonyl (C=O) groups is 1. The number of benzene rings is 1. The number of H-pyrrole nitrogens is 1. The lowest BCUT2D eigenvalue weighted by Crippen LogP contribution is -2.44. The zero-order valence-electron chi connectivity index (χ0n) is 15.8. The lowest BCUT2D eigenvalue weighted by molar-refractivity contribution is 0.0591. The van der Waals surface area contributed by atoms with E-state index < -0.39 is 0 Å². The summed E-state index contributed by atoms with van der Waals surface area (Å²) in [4.78, 5) is 19.6. The van der Waals surface area contributed by atoms with Crippen molar-refractivity contribution < 1.29 is 9.53 Å². The molecule has 27 heavy (non-hydrogen) atoms. The molecule has 1 fully saturated rings. The highest BCUT2D eigenvalue weighted by atomic mass is 16.5. The van der Waals surface area contributed by atoms with Crippen LogP contribution in [0.3, 0.4) is 0 Å². The molecule has 0 unspecified atom stereocenters. The first-order chi connectivity index (χ1) is 13.2. The van der Waals surface area contributed by atoms with Crippen molar-refractivity contribution in [1.82, 2.24) is 24.6 Å². The van der Waals surface area contributed by atoms with E-state index in [9.17, 15) is 4.79 Å². The Morgan fingerprint density at radius 3 is 3.04 bits per heavy atom. The largest absolute Gasteiger partial charge is 0.497 e. The Morgan fingerprint density at radius 1 is 1.37 bits per heavy atom. The van der Waals surface area contributed by atoms with Gasteiger partial charge in [0.25, 0.3) is 5.91 Å². The maximum absolute atomic E-state index is 13.3. The minimum atomic E-state index is 0.00144. The zero-order valence-corrected chi connectivity index (χ0v) is 15.8. The molecular formula is C20H25N5O2. The van der Waals surface area contributed by atoms with Crippen molar-refractivity contribution >= 4 is 16.8 Å². The Kier molecular flexibility index (Phi) is 4.83. The minimum absolute atomic E-state index is 0.00144. The first-order valence-corrected chi connectivity index (χ1v) is 9.48. The van der Waals surface area contributed by atoms with Gasteiger partial charge in [-0.15, -0.1) is 0 Å². The number of nitrogens with zero attached hydrogens (tertiary/aromatic N) is 4. The van der Waals surface area contributed by atoms with Crippen molar-refractivity contribution in [2.75, 3.05) is 13.7 Å². The smallest absolute Gasteiger partial charge is 0.275 e. The summed E-state index contributed by atoms with van der Waals surface area (Å²) in [6.07, 6.45) is 7.98. The number of aromatic amines is 1. The second kappa shape index (κ2) is 7.42. The van der Waals surface area contributed by atoms with E-state index in [-0.39, 0.29) is 11.9 Å². The zero-order chi connectivity index (χ0) is 18.8. The van der Waals surface area contributed by atoms with Crippen LogP contribution in [0.1, 0.15) is 42.0 Å². The number of hydrogen-bond acceptors (Lipinski definition) is 4. The molecule has 4 rings (SSSR count). The van der Waals surface area contributed by atoms with E-state index in [0.29, 0.717) is 5.69 Å². The molecule has 3 heterocycles. The summed E-state index contributed by atoms with van der Waals surface area (Å²) in [5.74, 6) is 1.74. The summed E-state index contributed by atoms with van der Waals surface area (Å²) < 4.78 is 7.45. The Morgan fingerprint density at radius 2 is 2.26 bits per heavy atom. The van der Waals surface area contributed by atoms with Gasteiger partial charge in [0.2, 0.25) is 0 Å². The molecule has 0 bridgehead atoms. The number of fused-ring (bicyclic) bond motifs is 1. The average Bonchev–Trinajstić information content (AvgIpc) is 3.31. The van der Waals surface area contributed by atoms with Crippen LogP contribution in [0.5, 0.6) is 5.75 Å². The third-order valence-corrected chi connectivity index (χ3v) is 5.49. The molecule has 1 N–H and O–H groups in total. The first-order valence-electron chi connectivity index (χ1n) is 9.48. The fraction of sp³-hybridized carbons (Fsp3) is 0.450. The first kappa shape index (κ1) is 17.6. The molecule has 7 nitrogen and oxygen atoms in total. The predicted molar refractivity (Wildman–Crippen MR) is 103 cm³/mol. The van der Waals surface area contributed by atoms with Crippen molar-refractivity contribution in [2.24, 2.45) is 0 Å². The predicted octanol–water partition coefficient (Wildman–Crippen LogP) is 3.16. The van der Waals surface area contributed by atoms with Crippen molar-refractivity contribution in [3.8, 4) is 5.75 Å². The van der Waals surface area contributed by atoms with E-state index in [0.717, 1.165) is 61.2 Å². The van der Waals surface area contributed by atoms with Gasteiger partial charge in [0.1, 0.15) is 11.6 Å². The fourth-order valence-corrected chi connectivity index (χ4v) is 3.92. The SMILES string of the molecule is COc1ccc2[nH]nc(C(=O)N3CCCC[C@@H]3CCn3ccnc3C)c2c1. The van der Waals surface area contributed by atoms with Crippen LogP contribution in [-0.4, -0.2) is 50.3 Å². The molecule has 1 amide bonds. The van der Waals surface area contributed by atoms with E-state index in [1.807, 2.05) is 42.4 Å². The third kappa shape index (κ3) is 3.41. The van der Waals surface area contributed by atoms with Gasteiger partial charge in [0.15, 0.2) is 5.69 Å². The van der Waals surface area contributed by atoms with E-state index >= 15 is 0 Å². The highest BCUT2D eigenvalue weighted by molar-refractivity contribution is 6.05. The summed E-state index contributed by atoms with van der Waals surface area (Å²) >= 11 is 0. The highest BCUT2D eigenvalue weighted by Crippen LogP contribution is 2.27. The number of nitrogens with one attached hydrogen (secondary N) is 1. The van der Waals surface area contributed by atoms with E-state index in [1.54, 1.807) is 7.11 Å². The molecule has 1 aliphatic heterocycles. The second-order valence-corrected chi connectivity index (χ2v) is 7.09. The van der Waals surface area contributed by atoms with Crippen LogP contribution < -0.4 is 4.74 Å². The molecule has 1 aliphatic rings. The van der Waals surface area contributed by atoms with E-state index in [2.05, 4.69) is 19.7 Å². The van der Waals surface area contributed by atoms with Gasteiger partial charge < -0.3 is 14.2 Å². The monoisotopic (exact) mass is 367 g/mol. The molecule has 2 aromatic heterocycles. The molecule has 3 aromatic rings. The minimum Gasteiger partial charge on any atom is -0.497 e. The second-order valence-electron chi connectivity index (χ2n) is 7.09. The number of rotatable bonds is 5. The molecule has 7 heteroatoms.